The van der Waals surface area contributed by atoms with Crippen molar-refractivity contribution in [1.82, 2.24) is 9.80 Å². The summed E-state index contributed by atoms with van der Waals surface area (Å²) >= 11 is 0. The fourth-order valence-electron chi connectivity index (χ4n) is 2.66. The summed E-state index contributed by atoms with van der Waals surface area (Å²) in [6.45, 7) is 3.04. The molecular weight excluding hydrogens is 316 g/mol. The van der Waals surface area contributed by atoms with Crippen molar-refractivity contribution in [2.45, 2.75) is 37.6 Å². The van der Waals surface area contributed by atoms with E-state index in [0.717, 1.165) is 6.42 Å². The van der Waals surface area contributed by atoms with Crippen LogP contribution in [0.1, 0.15) is 32.1 Å². The number of hydrogen-bond donors (Lipinski definition) is 2. The van der Waals surface area contributed by atoms with Gasteiger partial charge in [-0.05, 0) is 38.8 Å². The second-order valence-corrected chi connectivity index (χ2v) is 6.19. The first-order chi connectivity index (χ1) is 11.3. The van der Waals surface area contributed by atoms with Crippen molar-refractivity contribution in [3.8, 4) is 0 Å². The normalized spacial score (nSPS) is 18.6. The highest BCUT2D eigenvalue weighted by Crippen LogP contribution is 2.46. The van der Waals surface area contributed by atoms with Gasteiger partial charge in [0.15, 0.2) is 0 Å². The van der Waals surface area contributed by atoms with Gasteiger partial charge in [0.25, 0.3) is 0 Å². The molecule has 2 rings (SSSR count). The molecule has 1 aliphatic heterocycles. The third-order valence-electron chi connectivity index (χ3n) is 4.13. The first-order valence-corrected chi connectivity index (χ1v) is 8.00. The number of amides is 1. The number of aliphatic carboxylic acids is 2. The molecule has 0 aromatic rings. The molecule has 136 valence electrons. The minimum Gasteiger partial charge on any atom is -0.478 e. The molecule has 0 aromatic heterocycles. The van der Waals surface area contributed by atoms with Crippen LogP contribution in [0.4, 0.5) is 4.79 Å². The van der Waals surface area contributed by atoms with E-state index in [-0.39, 0.29) is 6.09 Å². The molecule has 1 aliphatic carbocycles. The van der Waals surface area contributed by atoms with Crippen LogP contribution in [0.3, 0.4) is 0 Å². The van der Waals surface area contributed by atoms with E-state index in [2.05, 4.69) is 4.90 Å². The molecule has 2 N–H and O–H groups in total. The number of likely N-dealkylation sites (tertiary alicyclic amines) is 1. The minimum absolute atomic E-state index is 0.225. The minimum atomic E-state index is -1.26. The lowest BCUT2D eigenvalue weighted by Crippen LogP contribution is -2.36. The maximum absolute atomic E-state index is 11.3. The van der Waals surface area contributed by atoms with Crippen LogP contribution >= 0.6 is 0 Å². The smallest absolute Gasteiger partial charge is 0.409 e. The largest absolute Gasteiger partial charge is 0.478 e. The summed E-state index contributed by atoms with van der Waals surface area (Å²) in [6, 6.07) is 0. The fraction of sp³-hybridized carbons (Fsp3) is 0.688. The van der Waals surface area contributed by atoms with Crippen molar-refractivity contribution < 1.29 is 29.3 Å². The Balaban J connectivity index is 0.000000307. The van der Waals surface area contributed by atoms with Crippen molar-refractivity contribution in [2.24, 2.45) is 0 Å². The summed E-state index contributed by atoms with van der Waals surface area (Å²) < 4.78 is 5.20. The Labute approximate surface area is 141 Å². The van der Waals surface area contributed by atoms with Crippen LogP contribution in [-0.2, 0) is 14.3 Å². The Morgan fingerprint density at radius 1 is 1.08 bits per heavy atom. The van der Waals surface area contributed by atoms with Crippen molar-refractivity contribution in [2.75, 3.05) is 33.8 Å². The average molecular weight is 342 g/mol. The molecule has 1 saturated heterocycles. The number of nitrogens with zero attached hydrogens (tertiary/aromatic N) is 2. The Hall–Kier alpha value is -2.09. The van der Waals surface area contributed by atoms with Crippen molar-refractivity contribution in [3.63, 3.8) is 0 Å². The van der Waals surface area contributed by atoms with E-state index in [1.807, 2.05) is 0 Å². The van der Waals surface area contributed by atoms with Crippen LogP contribution in [0.25, 0.3) is 0 Å². The lowest BCUT2D eigenvalue weighted by molar-refractivity contribution is -0.134. The van der Waals surface area contributed by atoms with E-state index in [1.54, 1.807) is 14.1 Å². The second-order valence-electron chi connectivity index (χ2n) is 6.19. The maximum Gasteiger partial charge on any atom is 0.409 e. The molecule has 8 heteroatoms. The average Bonchev–Trinajstić information content (AvgIpc) is 3.08. The molecule has 1 heterocycles. The number of hydrogen-bond acceptors (Lipinski definition) is 5. The van der Waals surface area contributed by atoms with Gasteiger partial charge in [-0.25, -0.2) is 14.4 Å². The highest BCUT2D eigenvalue weighted by Gasteiger charge is 2.48. The summed E-state index contributed by atoms with van der Waals surface area (Å²) in [6.07, 6.45) is 7.13. The second kappa shape index (κ2) is 9.27. The zero-order valence-electron chi connectivity index (χ0n) is 14.2. The molecule has 0 atom stereocenters. The predicted molar refractivity (Wildman–Crippen MR) is 86.8 cm³/mol. The molecule has 8 nitrogen and oxygen atoms in total. The van der Waals surface area contributed by atoms with Gasteiger partial charge in [-0.15, -0.1) is 0 Å². The third-order valence-corrected chi connectivity index (χ3v) is 4.13. The number of carbonyl (C=O) groups excluding carboxylic acids is 1. The lowest BCUT2D eigenvalue weighted by Gasteiger charge is -2.27. The predicted octanol–water partition coefficient (Wildman–Crippen LogP) is 1.41. The van der Waals surface area contributed by atoms with E-state index in [1.165, 1.54) is 43.7 Å². The van der Waals surface area contributed by atoms with Gasteiger partial charge >= 0.3 is 18.0 Å². The van der Waals surface area contributed by atoms with Gasteiger partial charge in [0.1, 0.15) is 0 Å². The van der Waals surface area contributed by atoms with Crippen molar-refractivity contribution in [3.05, 3.63) is 12.2 Å². The molecule has 1 amide bonds. The summed E-state index contributed by atoms with van der Waals surface area (Å²) in [5.41, 5.74) is 0.392. The highest BCUT2D eigenvalue weighted by molar-refractivity contribution is 5.89. The van der Waals surface area contributed by atoms with Gasteiger partial charge in [0, 0.05) is 38.2 Å². The lowest BCUT2D eigenvalue weighted by atomic mass is 10.1. The zero-order valence-corrected chi connectivity index (χ0v) is 14.2. The molecule has 0 unspecified atom stereocenters. The van der Waals surface area contributed by atoms with E-state index in [0.29, 0.717) is 24.3 Å². The van der Waals surface area contributed by atoms with E-state index in [9.17, 15) is 14.4 Å². The van der Waals surface area contributed by atoms with Crippen LogP contribution in [0.2, 0.25) is 0 Å². The van der Waals surface area contributed by atoms with Crippen LogP contribution in [0.15, 0.2) is 12.2 Å². The molecular formula is C16H26N2O6. The number of rotatable bonds is 6. The Morgan fingerprint density at radius 2 is 1.58 bits per heavy atom. The van der Waals surface area contributed by atoms with Crippen LogP contribution < -0.4 is 0 Å². The van der Waals surface area contributed by atoms with Crippen molar-refractivity contribution in [1.29, 1.82) is 0 Å². The molecule has 24 heavy (non-hydrogen) atoms. The molecule has 2 aliphatic rings. The molecule has 2 fully saturated rings. The van der Waals surface area contributed by atoms with Gasteiger partial charge in [0.05, 0.1) is 6.61 Å². The Bertz CT molecular complexity index is 463. The summed E-state index contributed by atoms with van der Waals surface area (Å²) in [5, 5.41) is 15.6. The topological polar surface area (TPSA) is 107 Å². The summed E-state index contributed by atoms with van der Waals surface area (Å²) in [4.78, 5) is 34.4. The number of carbonyl (C=O) groups is 3. The monoisotopic (exact) mass is 342 g/mol. The van der Waals surface area contributed by atoms with Gasteiger partial charge < -0.3 is 19.8 Å². The Kier molecular flexibility index (Phi) is 7.70. The SMILES string of the molecule is CN(C)C(=O)OCCC1(N2CCCC2)CC1.O=C(O)C=CC(=O)O. The number of carboxylic acid groups (broad SMARTS) is 2. The standard InChI is InChI=1S/C12H22N2O2.C4H4O4/c1-13(2)11(15)16-10-7-12(5-6-12)14-8-3-4-9-14;5-3(6)1-2-4(7)8/h3-10H2,1-2H3;1-2H,(H,5,6)(H,7,8). The molecule has 1 saturated carbocycles. The van der Waals surface area contributed by atoms with Crippen LogP contribution in [0.5, 0.6) is 0 Å². The number of carboxylic acids is 2. The van der Waals surface area contributed by atoms with Gasteiger partial charge in [-0.2, -0.15) is 0 Å². The highest BCUT2D eigenvalue weighted by atomic mass is 16.6. The first-order valence-electron chi connectivity index (χ1n) is 8.00. The molecule has 0 spiro atoms. The van der Waals surface area contributed by atoms with E-state index < -0.39 is 11.9 Å². The molecule has 0 aromatic carbocycles. The number of ether oxygens (including phenoxy) is 1. The maximum atomic E-state index is 11.3. The van der Waals surface area contributed by atoms with E-state index >= 15 is 0 Å². The summed E-state index contributed by atoms with van der Waals surface area (Å²) in [7, 11) is 3.44. The summed E-state index contributed by atoms with van der Waals surface area (Å²) in [5.74, 6) is -2.51. The Morgan fingerprint density at radius 3 is 1.96 bits per heavy atom. The third kappa shape index (κ3) is 6.99. The van der Waals surface area contributed by atoms with Gasteiger partial charge in [0.2, 0.25) is 0 Å². The van der Waals surface area contributed by atoms with Gasteiger partial charge in [-0.1, -0.05) is 0 Å². The fourth-order valence-corrected chi connectivity index (χ4v) is 2.66. The zero-order chi connectivity index (χ0) is 18.2. The van der Waals surface area contributed by atoms with Crippen LogP contribution in [-0.4, -0.2) is 77.4 Å². The first kappa shape index (κ1) is 20.0. The van der Waals surface area contributed by atoms with E-state index in [4.69, 9.17) is 14.9 Å². The van der Waals surface area contributed by atoms with Crippen LogP contribution in [0, 0.1) is 0 Å². The van der Waals surface area contributed by atoms with Gasteiger partial charge in [-0.3, -0.25) is 4.90 Å². The molecule has 0 bridgehead atoms. The quantitative estimate of drug-likeness (QED) is 0.703. The van der Waals surface area contributed by atoms with Crippen molar-refractivity contribution >= 4 is 18.0 Å². The molecule has 0 radical (unpaired) electrons.